The summed E-state index contributed by atoms with van der Waals surface area (Å²) in [6.45, 7) is 5.20. The van der Waals surface area contributed by atoms with Crippen LogP contribution in [0.2, 0.25) is 0 Å². The number of hydrogen-bond donors (Lipinski definition) is 1. The van der Waals surface area contributed by atoms with Crippen LogP contribution in [-0.4, -0.2) is 43.6 Å². The van der Waals surface area contributed by atoms with Gasteiger partial charge in [-0.25, -0.2) is 8.42 Å². The van der Waals surface area contributed by atoms with Gasteiger partial charge in [-0.15, -0.1) is 0 Å². The summed E-state index contributed by atoms with van der Waals surface area (Å²) in [5.74, 6) is 0. The third kappa shape index (κ3) is 2.48. The summed E-state index contributed by atoms with van der Waals surface area (Å²) in [7, 11) is -3.45. The van der Waals surface area contributed by atoms with Gasteiger partial charge in [0, 0.05) is 19.1 Å². The Kier molecular flexibility index (Phi) is 4.08. The number of nitrogens with zero attached hydrogens (tertiary/aromatic N) is 2. The van der Waals surface area contributed by atoms with Crippen LogP contribution < -0.4 is 5.32 Å². The van der Waals surface area contributed by atoms with Crippen molar-refractivity contribution in [3.63, 3.8) is 0 Å². The van der Waals surface area contributed by atoms with Gasteiger partial charge in [0.1, 0.15) is 0 Å². The fraction of sp³-hybridized carbons (Fsp3) is 0.889. The van der Waals surface area contributed by atoms with Crippen LogP contribution in [0.5, 0.6) is 0 Å². The minimum atomic E-state index is -3.45. The standard InChI is InChI=1S/C9H17N3O2S/c1-3-12(9-4-5-11-7-9)15(13,14)8(2)6-10/h8-9,11H,3-5,7H2,1-2H3. The first-order valence-electron chi connectivity index (χ1n) is 5.15. The second-order valence-corrected chi connectivity index (χ2v) is 5.87. The van der Waals surface area contributed by atoms with Crippen LogP contribution in [0.1, 0.15) is 20.3 Å². The van der Waals surface area contributed by atoms with Crippen molar-refractivity contribution in [3.8, 4) is 6.07 Å². The van der Waals surface area contributed by atoms with Crippen molar-refractivity contribution in [1.29, 1.82) is 5.26 Å². The molecule has 1 N–H and O–H groups in total. The molecule has 2 unspecified atom stereocenters. The molecule has 0 saturated carbocycles. The summed E-state index contributed by atoms with van der Waals surface area (Å²) in [6.07, 6.45) is 0.825. The minimum Gasteiger partial charge on any atom is -0.315 e. The molecule has 1 saturated heterocycles. The Morgan fingerprint density at radius 3 is 2.73 bits per heavy atom. The van der Waals surface area contributed by atoms with E-state index in [0.29, 0.717) is 13.1 Å². The van der Waals surface area contributed by atoms with Crippen LogP contribution in [0.4, 0.5) is 0 Å². The van der Waals surface area contributed by atoms with E-state index in [1.165, 1.54) is 11.2 Å². The molecule has 1 heterocycles. The van der Waals surface area contributed by atoms with Crippen LogP contribution >= 0.6 is 0 Å². The van der Waals surface area contributed by atoms with Crippen LogP contribution in [0.3, 0.4) is 0 Å². The Hall–Kier alpha value is -0.640. The zero-order chi connectivity index (χ0) is 11.5. The normalized spacial score (nSPS) is 24.0. The summed E-state index contributed by atoms with van der Waals surface area (Å²) in [5, 5.41) is 10.9. The monoisotopic (exact) mass is 231 g/mol. The molecule has 0 aromatic rings. The van der Waals surface area contributed by atoms with E-state index < -0.39 is 15.3 Å². The SMILES string of the molecule is CCN(C1CCNC1)S(=O)(=O)C(C)C#N. The van der Waals surface area contributed by atoms with E-state index in [0.717, 1.165) is 13.0 Å². The van der Waals surface area contributed by atoms with Gasteiger partial charge in [-0.1, -0.05) is 6.92 Å². The number of nitrogens with one attached hydrogen (secondary N) is 1. The van der Waals surface area contributed by atoms with Crippen molar-refractivity contribution < 1.29 is 8.42 Å². The largest absolute Gasteiger partial charge is 0.315 e. The van der Waals surface area contributed by atoms with Crippen molar-refractivity contribution in [1.82, 2.24) is 9.62 Å². The van der Waals surface area contributed by atoms with Crippen LogP contribution in [0.25, 0.3) is 0 Å². The number of nitriles is 1. The number of rotatable bonds is 4. The molecular formula is C9H17N3O2S. The van der Waals surface area contributed by atoms with E-state index in [9.17, 15) is 8.42 Å². The van der Waals surface area contributed by atoms with Crippen molar-refractivity contribution >= 4 is 10.0 Å². The van der Waals surface area contributed by atoms with E-state index in [4.69, 9.17) is 5.26 Å². The fourth-order valence-corrected chi connectivity index (χ4v) is 3.30. The number of hydrogen-bond acceptors (Lipinski definition) is 4. The number of sulfonamides is 1. The second kappa shape index (κ2) is 4.92. The van der Waals surface area contributed by atoms with Crippen LogP contribution in [0.15, 0.2) is 0 Å². The third-order valence-electron chi connectivity index (χ3n) is 2.71. The highest BCUT2D eigenvalue weighted by molar-refractivity contribution is 7.90. The summed E-state index contributed by atoms with van der Waals surface area (Å²) < 4.78 is 25.4. The second-order valence-electron chi connectivity index (χ2n) is 3.67. The lowest BCUT2D eigenvalue weighted by atomic mass is 10.3. The van der Waals surface area contributed by atoms with Crippen LogP contribution in [0, 0.1) is 11.3 Å². The van der Waals surface area contributed by atoms with Gasteiger partial charge in [-0.05, 0) is 19.9 Å². The summed E-state index contributed by atoms with van der Waals surface area (Å²) in [6, 6.07) is 1.80. The Morgan fingerprint density at radius 1 is 1.67 bits per heavy atom. The van der Waals surface area contributed by atoms with Gasteiger partial charge in [0.15, 0.2) is 5.25 Å². The van der Waals surface area contributed by atoms with E-state index in [1.807, 2.05) is 0 Å². The van der Waals surface area contributed by atoms with Crippen molar-refractivity contribution in [2.75, 3.05) is 19.6 Å². The van der Waals surface area contributed by atoms with Gasteiger partial charge in [0.2, 0.25) is 10.0 Å². The average molecular weight is 231 g/mol. The Morgan fingerprint density at radius 2 is 2.33 bits per heavy atom. The maximum Gasteiger partial charge on any atom is 0.230 e. The van der Waals surface area contributed by atoms with Gasteiger partial charge in [0.25, 0.3) is 0 Å². The zero-order valence-corrected chi connectivity index (χ0v) is 9.92. The highest BCUT2D eigenvalue weighted by atomic mass is 32.2. The average Bonchev–Trinajstić information content (AvgIpc) is 2.70. The molecule has 1 rings (SSSR count). The third-order valence-corrected chi connectivity index (χ3v) is 4.92. The predicted octanol–water partition coefficient (Wildman–Crippen LogP) is -0.0879. The molecule has 2 atom stereocenters. The molecule has 0 aliphatic carbocycles. The first-order valence-corrected chi connectivity index (χ1v) is 6.65. The number of likely N-dealkylation sites (N-methyl/N-ethyl adjacent to an activating group) is 1. The molecule has 0 spiro atoms. The Bertz CT molecular complexity index is 341. The molecule has 0 bridgehead atoms. The topological polar surface area (TPSA) is 73.2 Å². The van der Waals surface area contributed by atoms with E-state index in [1.54, 1.807) is 13.0 Å². The van der Waals surface area contributed by atoms with Gasteiger partial charge < -0.3 is 5.32 Å². The lowest BCUT2D eigenvalue weighted by molar-refractivity contribution is 0.347. The van der Waals surface area contributed by atoms with E-state index >= 15 is 0 Å². The summed E-state index contributed by atoms with van der Waals surface area (Å²) in [4.78, 5) is 0. The summed E-state index contributed by atoms with van der Waals surface area (Å²) in [5.41, 5.74) is 0. The fourth-order valence-electron chi connectivity index (χ4n) is 1.80. The molecule has 1 aliphatic rings. The molecule has 1 aliphatic heterocycles. The van der Waals surface area contributed by atoms with Crippen molar-refractivity contribution in [2.24, 2.45) is 0 Å². The molecule has 15 heavy (non-hydrogen) atoms. The lowest BCUT2D eigenvalue weighted by Gasteiger charge is -2.27. The maximum absolute atomic E-state index is 12.0. The quantitative estimate of drug-likeness (QED) is 0.734. The highest BCUT2D eigenvalue weighted by Gasteiger charge is 2.34. The molecule has 6 heteroatoms. The van der Waals surface area contributed by atoms with Gasteiger partial charge in [-0.2, -0.15) is 9.57 Å². The van der Waals surface area contributed by atoms with Crippen molar-refractivity contribution in [2.45, 2.75) is 31.6 Å². The maximum atomic E-state index is 12.0. The van der Waals surface area contributed by atoms with Crippen LogP contribution in [-0.2, 0) is 10.0 Å². The molecule has 0 aromatic carbocycles. The molecule has 1 fully saturated rings. The first-order chi connectivity index (χ1) is 7.04. The van der Waals surface area contributed by atoms with Crippen molar-refractivity contribution in [3.05, 3.63) is 0 Å². The Labute approximate surface area is 91.1 Å². The molecule has 86 valence electrons. The van der Waals surface area contributed by atoms with Gasteiger partial charge >= 0.3 is 0 Å². The summed E-state index contributed by atoms with van der Waals surface area (Å²) >= 11 is 0. The highest BCUT2D eigenvalue weighted by Crippen LogP contribution is 2.16. The molecule has 0 radical (unpaired) electrons. The zero-order valence-electron chi connectivity index (χ0n) is 9.10. The Balaban J connectivity index is 2.87. The van der Waals surface area contributed by atoms with E-state index in [-0.39, 0.29) is 6.04 Å². The van der Waals surface area contributed by atoms with Gasteiger partial charge in [0.05, 0.1) is 6.07 Å². The first kappa shape index (κ1) is 12.4. The lowest BCUT2D eigenvalue weighted by Crippen LogP contribution is -2.44. The molecule has 0 aromatic heterocycles. The molecule has 0 amide bonds. The molecular weight excluding hydrogens is 214 g/mol. The van der Waals surface area contributed by atoms with E-state index in [2.05, 4.69) is 5.32 Å². The molecule has 5 nitrogen and oxygen atoms in total. The predicted molar refractivity (Wildman–Crippen MR) is 57.6 cm³/mol. The van der Waals surface area contributed by atoms with Gasteiger partial charge in [-0.3, -0.25) is 0 Å². The minimum absolute atomic E-state index is 0.01000. The smallest absolute Gasteiger partial charge is 0.230 e.